The molecule has 0 saturated carbocycles. The molecule has 0 aliphatic rings. The largest absolute Gasteiger partial charge is 0.477 e. The van der Waals surface area contributed by atoms with Crippen molar-refractivity contribution < 1.29 is 4.74 Å². The minimum absolute atomic E-state index is 0.379. The van der Waals surface area contributed by atoms with Crippen molar-refractivity contribution in [3.63, 3.8) is 0 Å². The standard InChI is InChI=1S/C11H12N4O/c1-2-16-11-8(4-3-5-14-11)9-6-13-7-10(12)15-9/h3-7H,2H2,1H3,(H2,12,15). The zero-order chi connectivity index (χ0) is 11.4. The second-order valence-corrected chi connectivity index (χ2v) is 3.12. The number of nitrogens with two attached hydrogens (primary N) is 1. The first-order valence-electron chi connectivity index (χ1n) is 4.97. The van der Waals surface area contributed by atoms with Crippen molar-refractivity contribution in [3.05, 3.63) is 30.7 Å². The Hall–Kier alpha value is -2.17. The van der Waals surface area contributed by atoms with Crippen molar-refractivity contribution in [3.8, 4) is 17.1 Å². The molecule has 82 valence electrons. The molecule has 5 heteroatoms. The van der Waals surface area contributed by atoms with E-state index in [1.54, 1.807) is 12.4 Å². The predicted molar refractivity (Wildman–Crippen MR) is 60.8 cm³/mol. The van der Waals surface area contributed by atoms with Crippen LogP contribution < -0.4 is 10.5 Å². The quantitative estimate of drug-likeness (QED) is 0.841. The van der Waals surface area contributed by atoms with Crippen LogP contribution in [0.5, 0.6) is 5.88 Å². The van der Waals surface area contributed by atoms with Gasteiger partial charge in [0.25, 0.3) is 0 Å². The van der Waals surface area contributed by atoms with Gasteiger partial charge in [-0.25, -0.2) is 9.97 Å². The van der Waals surface area contributed by atoms with Gasteiger partial charge in [-0.3, -0.25) is 4.98 Å². The van der Waals surface area contributed by atoms with E-state index in [9.17, 15) is 0 Å². The van der Waals surface area contributed by atoms with Gasteiger partial charge < -0.3 is 10.5 Å². The van der Waals surface area contributed by atoms with Crippen molar-refractivity contribution in [2.45, 2.75) is 6.92 Å². The summed E-state index contributed by atoms with van der Waals surface area (Å²) >= 11 is 0. The van der Waals surface area contributed by atoms with Crippen LogP contribution in [0.1, 0.15) is 6.92 Å². The van der Waals surface area contributed by atoms with E-state index in [4.69, 9.17) is 10.5 Å². The first kappa shape index (κ1) is 10.4. The molecule has 0 unspecified atom stereocenters. The van der Waals surface area contributed by atoms with Crippen molar-refractivity contribution in [2.75, 3.05) is 12.3 Å². The fourth-order valence-corrected chi connectivity index (χ4v) is 1.35. The average Bonchev–Trinajstić information content (AvgIpc) is 2.30. The molecule has 0 aliphatic heterocycles. The Labute approximate surface area is 93.3 Å². The molecule has 0 saturated heterocycles. The molecule has 0 spiro atoms. The van der Waals surface area contributed by atoms with E-state index in [0.29, 0.717) is 24.0 Å². The first-order valence-corrected chi connectivity index (χ1v) is 4.97. The Bertz CT molecular complexity index is 487. The van der Waals surface area contributed by atoms with Crippen LogP contribution in [0.15, 0.2) is 30.7 Å². The Balaban J connectivity index is 2.46. The second-order valence-electron chi connectivity index (χ2n) is 3.12. The van der Waals surface area contributed by atoms with Gasteiger partial charge in [0.1, 0.15) is 5.82 Å². The minimum atomic E-state index is 0.379. The number of rotatable bonds is 3. The van der Waals surface area contributed by atoms with Crippen LogP contribution in [0.4, 0.5) is 5.82 Å². The van der Waals surface area contributed by atoms with E-state index >= 15 is 0 Å². The molecule has 0 bridgehead atoms. The molecular weight excluding hydrogens is 204 g/mol. The molecule has 0 aromatic carbocycles. The Morgan fingerprint density at radius 1 is 1.38 bits per heavy atom. The van der Waals surface area contributed by atoms with E-state index < -0.39 is 0 Å². The average molecular weight is 216 g/mol. The summed E-state index contributed by atoms with van der Waals surface area (Å²) in [5.74, 6) is 0.925. The molecule has 0 fully saturated rings. The smallest absolute Gasteiger partial charge is 0.222 e. The fourth-order valence-electron chi connectivity index (χ4n) is 1.35. The summed E-state index contributed by atoms with van der Waals surface area (Å²) in [7, 11) is 0. The highest BCUT2D eigenvalue weighted by Crippen LogP contribution is 2.25. The topological polar surface area (TPSA) is 73.9 Å². The lowest BCUT2D eigenvalue weighted by molar-refractivity contribution is 0.328. The lowest BCUT2D eigenvalue weighted by Gasteiger charge is -2.07. The minimum Gasteiger partial charge on any atom is -0.477 e. The maximum absolute atomic E-state index is 5.59. The summed E-state index contributed by atoms with van der Waals surface area (Å²) < 4.78 is 5.41. The number of ether oxygens (including phenoxy) is 1. The molecule has 2 aromatic rings. The Morgan fingerprint density at radius 2 is 2.25 bits per heavy atom. The molecule has 5 nitrogen and oxygen atoms in total. The SMILES string of the molecule is CCOc1ncccc1-c1cncc(N)n1. The summed E-state index contributed by atoms with van der Waals surface area (Å²) in [6, 6.07) is 3.70. The van der Waals surface area contributed by atoms with Crippen LogP contribution in [0, 0.1) is 0 Å². The third-order valence-electron chi connectivity index (χ3n) is 1.98. The highest BCUT2D eigenvalue weighted by atomic mass is 16.5. The van der Waals surface area contributed by atoms with Crippen LogP contribution in [0.3, 0.4) is 0 Å². The maximum atomic E-state index is 5.59. The van der Waals surface area contributed by atoms with Crippen molar-refractivity contribution in [1.29, 1.82) is 0 Å². The number of nitrogens with zero attached hydrogens (tertiary/aromatic N) is 3. The molecule has 0 atom stereocenters. The zero-order valence-corrected chi connectivity index (χ0v) is 8.92. The molecule has 0 amide bonds. The maximum Gasteiger partial charge on any atom is 0.222 e. The number of pyridine rings is 1. The number of hydrogen-bond acceptors (Lipinski definition) is 5. The van der Waals surface area contributed by atoms with Crippen molar-refractivity contribution in [2.24, 2.45) is 0 Å². The number of aromatic nitrogens is 3. The molecule has 2 N–H and O–H groups in total. The van der Waals surface area contributed by atoms with Gasteiger partial charge in [0.15, 0.2) is 0 Å². The van der Waals surface area contributed by atoms with Gasteiger partial charge in [-0.15, -0.1) is 0 Å². The van der Waals surface area contributed by atoms with Crippen LogP contribution in [-0.4, -0.2) is 21.6 Å². The zero-order valence-electron chi connectivity index (χ0n) is 8.92. The van der Waals surface area contributed by atoms with E-state index in [2.05, 4.69) is 15.0 Å². The molecule has 2 heterocycles. The molecule has 2 aromatic heterocycles. The van der Waals surface area contributed by atoms with Crippen LogP contribution in [0.2, 0.25) is 0 Å². The third kappa shape index (κ3) is 2.08. The predicted octanol–water partition coefficient (Wildman–Crippen LogP) is 1.52. The summed E-state index contributed by atoms with van der Waals surface area (Å²) in [5.41, 5.74) is 7.04. The van der Waals surface area contributed by atoms with E-state index in [1.165, 1.54) is 6.20 Å². The summed E-state index contributed by atoms with van der Waals surface area (Å²) in [5, 5.41) is 0. The first-order chi connectivity index (χ1) is 7.81. The molecule has 2 rings (SSSR count). The summed E-state index contributed by atoms with van der Waals surface area (Å²) in [4.78, 5) is 12.3. The third-order valence-corrected chi connectivity index (χ3v) is 1.98. The van der Waals surface area contributed by atoms with E-state index in [1.807, 2.05) is 19.1 Å². The molecular formula is C11H12N4O. The second kappa shape index (κ2) is 4.57. The highest BCUT2D eigenvalue weighted by Gasteiger charge is 2.08. The van der Waals surface area contributed by atoms with Crippen molar-refractivity contribution in [1.82, 2.24) is 15.0 Å². The Kier molecular flexibility index (Phi) is 2.95. The van der Waals surface area contributed by atoms with E-state index in [0.717, 1.165) is 5.56 Å². The van der Waals surface area contributed by atoms with Gasteiger partial charge in [-0.1, -0.05) is 0 Å². The van der Waals surface area contributed by atoms with E-state index in [-0.39, 0.29) is 0 Å². The van der Waals surface area contributed by atoms with Gasteiger partial charge in [-0.2, -0.15) is 0 Å². The van der Waals surface area contributed by atoms with Gasteiger partial charge in [-0.05, 0) is 19.1 Å². The molecule has 16 heavy (non-hydrogen) atoms. The number of nitrogen functional groups attached to an aromatic ring is 1. The normalized spacial score (nSPS) is 10.1. The van der Waals surface area contributed by atoms with Gasteiger partial charge >= 0.3 is 0 Å². The highest BCUT2D eigenvalue weighted by molar-refractivity contribution is 5.64. The lowest BCUT2D eigenvalue weighted by Crippen LogP contribution is -1.99. The number of hydrogen-bond donors (Lipinski definition) is 1. The van der Waals surface area contributed by atoms with Gasteiger partial charge in [0.2, 0.25) is 5.88 Å². The summed E-state index contributed by atoms with van der Waals surface area (Å²) in [6.07, 6.45) is 4.81. The fraction of sp³-hybridized carbons (Fsp3) is 0.182. The lowest BCUT2D eigenvalue weighted by atomic mass is 10.2. The Morgan fingerprint density at radius 3 is 3.00 bits per heavy atom. The van der Waals surface area contributed by atoms with Gasteiger partial charge in [0.05, 0.1) is 30.3 Å². The van der Waals surface area contributed by atoms with Crippen LogP contribution >= 0.6 is 0 Å². The summed E-state index contributed by atoms with van der Waals surface area (Å²) in [6.45, 7) is 2.46. The van der Waals surface area contributed by atoms with Crippen molar-refractivity contribution >= 4 is 5.82 Å². The van der Waals surface area contributed by atoms with Crippen LogP contribution in [-0.2, 0) is 0 Å². The monoisotopic (exact) mass is 216 g/mol. The number of anilines is 1. The van der Waals surface area contributed by atoms with Gasteiger partial charge in [0, 0.05) is 6.20 Å². The molecule has 0 aliphatic carbocycles. The molecule has 0 radical (unpaired) electrons. The van der Waals surface area contributed by atoms with Crippen LogP contribution in [0.25, 0.3) is 11.3 Å².